The number of benzene rings is 2. The first-order valence-corrected chi connectivity index (χ1v) is 8.73. The number of esters is 1. The molecule has 0 unspecified atom stereocenters. The number of aryl methyl sites for hydroxylation is 1. The minimum absolute atomic E-state index is 0.224. The van der Waals surface area contributed by atoms with Gasteiger partial charge in [-0.3, -0.25) is 9.59 Å². The molecule has 0 aliphatic rings. The number of carbonyl (C=O) groups is 2. The summed E-state index contributed by atoms with van der Waals surface area (Å²) in [6.45, 7) is 3.97. The molecule has 2 aromatic carbocycles. The second-order valence-corrected chi connectivity index (χ2v) is 6.06. The minimum Gasteiger partial charge on any atom is -0.462 e. The first-order valence-electron chi connectivity index (χ1n) is 8.73. The maximum absolute atomic E-state index is 12.5. The van der Waals surface area contributed by atoms with E-state index in [1.54, 1.807) is 19.1 Å². The number of aromatic nitrogens is 2. The minimum atomic E-state index is -0.629. The Morgan fingerprint density at radius 1 is 1.04 bits per heavy atom. The highest BCUT2D eigenvalue weighted by atomic mass is 16.5. The summed E-state index contributed by atoms with van der Waals surface area (Å²) in [6.07, 6.45) is 1.51. The highest BCUT2D eigenvalue weighted by molar-refractivity contribution is 6.03. The quantitative estimate of drug-likeness (QED) is 0.691. The van der Waals surface area contributed by atoms with Gasteiger partial charge in [-0.15, -0.1) is 0 Å². The second-order valence-electron chi connectivity index (χ2n) is 6.06. The largest absolute Gasteiger partial charge is 0.462 e. The van der Waals surface area contributed by atoms with E-state index in [2.05, 4.69) is 10.4 Å². The van der Waals surface area contributed by atoms with Crippen molar-refractivity contribution in [2.24, 2.45) is 0 Å². The Bertz CT molecular complexity index is 1050. The smallest absolute Gasteiger partial charge is 0.338 e. The van der Waals surface area contributed by atoms with Gasteiger partial charge in [0.15, 0.2) is 5.69 Å². The van der Waals surface area contributed by atoms with Crippen LogP contribution in [0.25, 0.3) is 5.69 Å². The first kappa shape index (κ1) is 19.0. The molecule has 0 spiro atoms. The molecule has 0 bridgehead atoms. The summed E-state index contributed by atoms with van der Waals surface area (Å²) >= 11 is 0. The van der Waals surface area contributed by atoms with E-state index in [9.17, 15) is 14.4 Å². The standard InChI is InChI=1S/C21H19N3O4/c1-3-28-21(27)15-6-8-16(9-7-15)22-20(26)19-18(25)12-13-24(23-19)17-10-4-14(2)5-11-17/h4-13H,3H2,1-2H3,(H,22,26). The third kappa shape index (κ3) is 4.32. The number of hydrogen-bond donors (Lipinski definition) is 1. The van der Waals surface area contributed by atoms with Gasteiger partial charge in [0.25, 0.3) is 5.91 Å². The van der Waals surface area contributed by atoms with Crippen molar-refractivity contribution in [2.45, 2.75) is 13.8 Å². The van der Waals surface area contributed by atoms with E-state index in [4.69, 9.17) is 4.74 Å². The molecule has 1 N–H and O–H groups in total. The zero-order valence-corrected chi connectivity index (χ0v) is 15.5. The highest BCUT2D eigenvalue weighted by Gasteiger charge is 2.14. The molecule has 3 rings (SSSR count). The molecule has 28 heavy (non-hydrogen) atoms. The topological polar surface area (TPSA) is 90.3 Å². The summed E-state index contributed by atoms with van der Waals surface area (Å²) in [6, 6.07) is 15.0. The Labute approximate surface area is 161 Å². The number of hydrogen-bond acceptors (Lipinski definition) is 5. The molecule has 0 fully saturated rings. The summed E-state index contributed by atoms with van der Waals surface area (Å²) in [7, 11) is 0. The lowest BCUT2D eigenvalue weighted by Crippen LogP contribution is -2.25. The lowest BCUT2D eigenvalue weighted by atomic mass is 10.2. The summed E-state index contributed by atoms with van der Waals surface area (Å²) in [5.74, 6) is -1.07. The molecule has 0 saturated heterocycles. The van der Waals surface area contributed by atoms with E-state index in [1.165, 1.54) is 29.1 Å². The summed E-state index contributed by atoms with van der Waals surface area (Å²) in [5, 5.41) is 6.77. The van der Waals surface area contributed by atoms with Gasteiger partial charge in [-0.1, -0.05) is 17.7 Å². The number of amides is 1. The molecular formula is C21H19N3O4. The molecule has 142 valence electrons. The fourth-order valence-electron chi connectivity index (χ4n) is 2.50. The highest BCUT2D eigenvalue weighted by Crippen LogP contribution is 2.12. The van der Waals surface area contributed by atoms with Crippen LogP contribution < -0.4 is 10.7 Å². The third-order valence-electron chi connectivity index (χ3n) is 3.98. The fourth-order valence-corrected chi connectivity index (χ4v) is 2.50. The van der Waals surface area contributed by atoms with Crippen LogP contribution in [0.5, 0.6) is 0 Å². The number of nitrogens with zero attached hydrogens (tertiary/aromatic N) is 2. The SMILES string of the molecule is CCOC(=O)c1ccc(NC(=O)c2nn(-c3ccc(C)cc3)ccc2=O)cc1. The lowest BCUT2D eigenvalue weighted by molar-refractivity contribution is 0.0526. The Morgan fingerprint density at radius 2 is 1.71 bits per heavy atom. The van der Waals surface area contributed by atoms with E-state index in [0.717, 1.165) is 11.3 Å². The lowest BCUT2D eigenvalue weighted by Gasteiger charge is -2.09. The molecule has 1 heterocycles. The molecule has 1 aromatic heterocycles. The molecular weight excluding hydrogens is 358 g/mol. The van der Waals surface area contributed by atoms with Gasteiger partial charge in [-0.2, -0.15) is 5.10 Å². The predicted octanol–water partition coefficient (Wildman–Crippen LogP) is 2.97. The van der Waals surface area contributed by atoms with Crippen molar-refractivity contribution in [1.82, 2.24) is 9.78 Å². The van der Waals surface area contributed by atoms with Gasteiger partial charge in [0.05, 0.1) is 17.9 Å². The second kappa shape index (κ2) is 8.30. The molecule has 0 aliphatic carbocycles. The van der Waals surface area contributed by atoms with Crippen LogP contribution in [0.1, 0.15) is 33.3 Å². The molecule has 0 radical (unpaired) electrons. The fraction of sp³-hybridized carbons (Fsp3) is 0.143. The molecule has 1 amide bonds. The van der Waals surface area contributed by atoms with E-state index < -0.39 is 17.3 Å². The number of carbonyl (C=O) groups excluding carboxylic acids is 2. The van der Waals surface area contributed by atoms with Gasteiger partial charge in [0.2, 0.25) is 5.43 Å². The maximum Gasteiger partial charge on any atom is 0.338 e. The third-order valence-corrected chi connectivity index (χ3v) is 3.98. The van der Waals surface area contributed by atoms with Gasteiger partial charge in [-0.25, -0.2) is 9.48 Å². The van der Waals surface area contributed by atoms with Gasteiger partial charge in [-0.05, 0) is 50.2 Å². The van der Waals surface area contributed by atoms with Crippen LogP contribution in [0, 0.1) is 6.92 Å². The van der Waals surface area contributed by atoms with Gasteiger partial charge in [0, 0.05) is 18.0 Å². The van der Waals surface area contributed by atoms with E-state index in [0.29, 0.717) is 11.3 Å². The van der Waals surface area contributed by atoms with Crippen LogP contribution in [0.4, 0.5) is 5.69 Å². The number of rotatable bonds is 5. The zero-order chi connectivity index (χ0) is 20.1. The van der Waals surface area contributed by atoms with Crippen LogP contribution in [0.2, 0.25) is 0 Å². The molecule has 7 nitrogen and oxygen atoms in total. The monoisotopic (exact) mass is 377 g/mol. The van der Waals surface area contributed by atoms with Crippen molar-refractivity contribution in [3.8, 4) is 5.69 Å². The van der Waals surface area contributed by atoms with Gasteiger partial charge < -0.3 is 10.1 Å². The van der Waals surface area contributed by atoms with Crippen molar-refractivity contribution in [3.63, 3.8) is 0 Å². The maximum atomic E-state index is 12.5. The molecule has 0 saturated carbocycles. The van der Waals surface area contributed by atoms with Crippen molar-refractivity contribution in [2.75, 3.05) is 11.9 Å². The number of anilines is 1. The van der Waals surface area contributed by atoms with E-state index in [1.807, 2.05) is 31.2 Å². The zero-order valence-electron chi connectivity index (χ0n) is 15.5. The molecule has 0 aliphatic heterocycles. The van der Waals surface area contributed by atoms with Crippen molar-refractivity contribution in [3.05, 3.63) is 87.8 Å². The van der Waals surface area contributed by atoms with Crippen LogP contribution >= 0.6 is 0 Å². The van der Waals surface area contributed by atoms with E-state index >= 15 is 0 Å². The van der Waals surface area contributed by atoms with Crippen LogP contribution in [-0.4, -0.2) is 28.3 Å². The average molecular weight is 377 g/mol. The molecule has 7 heteroatoms. The predicted molar refractivity (Wildman–Crippen MR) is 105 cm³/mol. The summed E-state index contributed by atoms with van der Waals surface area (Å²) < 4.78 is 6.39. The normalized spacial score (nSPS) is 10.4. The molecule has 0 atom stereocenters. The van der Waals surface area contributed by atoms with Gasteiger partial charge in [0.1, 0.15) is 0 Å². The van der Waals surface area contributed by atoms with Crippen molar-refractivity contribution >= 4 is 17.6 Å². The Kier molecular flexibility index (Phi) is 5.64. The Hall–Kier alpha value is -3.74. The van der Waals surface area contributed by atoms with Crippen molar-refractivity contribution in [1.29, 1.82) is 0 Å². The molecule has 3 aromatic rings. The average Bonchev–Trinajstić information content (AvgIpc) is 2.69. The van der Waals surface area contributed by atoms with Crippen LogP contribution in [0.15, 0.2) is 65.6 Å². The number of ether oxygens (including phenoxy) is 1. The number of nitrogens with one attached hydrogen (secondary N) is 1. The van der Waals surface area contributed by atoms with E-state index in [-0.39, 0.29) is 12.3 Å². The van der Waals surface area contributed by atoms with Crippen LogP contribution in [-0.2, 0) is 4.74 Å². The van der Waals surface area contributed by atoms with Crippen molar-refractivity contribution < 1.29 is 14.3 Å². The summed E-state index contributed by atoms with van der Waals surface area (Å²) in [4.78, 5) is 36.3. The Morgan fingerprint density at radius 3 is 2.36 bits per heavy atom. The van der Waals surface area contributed by atoms with Gasteiger partial charge >= 0.3 is 5.97 Å². The first-order chi connectivity index (χ1) is 13.5. The summed E-state index contributed by atoms with van der Waals surface area (Å²) in [5.41, 5.74) is 1.93. The van der Waals surface area contributed by atoms with Crippen LogP contribution in [0.3, 0.4) is 0 Å². The Balaban J connectivity index is 1.80.